The third-order valence-electron chi connectivity index (χ3n) is 4.62. The molecule has 1 aromatic rings. The van der Waals surface area contributed by atoms with E-state index < -0.39 is 12.0 Å². The van der Waals surface area contributed by atoms with Crippen molar-refractivity contribution in [2.24, 2.45) is 0 Å². The standard InChI is InChI=1S/C20H30N4O4/c1-4-28-18(25)13-21-20(27)23-15-10-11-17(24(2)3)16(12-15)19(26)22-14-8-6-5-7-9-14/h10-12,14H,4-9,13H2,1-3H3,(H,22,26)(H2,21,23,27). The van der Waals surface area contributed by atoms with Crippen LogP contribution in [0.4, 0.5) is 16.2 Å². The summed E-state index contributed by atoms with van der Waals surface area (Å²) in [6.45, 7) is 1.74. The van der Waals surface area contributed by atoms with Crippen molar-refractivity contribution in [3.8, 4) is 0 Å². The van der Waals surface area contributed by atoms with E-state index in [9.17, 15) is 14.4 Å². The Morgan fingerprint density at radius 1 is 1.14 bits per heavy atom. The highest BCUT2D eigenvalue weighted by Crippen LogP contribution is 2.24. The molecule has 8 nitrogen and oxygen atoms in total. The summed E-state index contributed by atoms with van der Waals surface area (Å²) in [6.07, 6.45) is 5.48. The maximum atomic E-state index is 12.8. The van der Waals surface area contributed by atoms with Gasteiger partial charge in [0.15, 0.2) is 0 Å². The van der Waals surface area contributed by atoms with Crippen LogP contribution < -0.4 is 20.9 Å². The van der Waals surface area contributed by atoms with Crippen molar-refractivity contribution >= 4 is 29.3 Å². The van der Waals surface area contributed by atoms with E-state index in [1.165, 1.54) is 6.42 Å². The van der Waals surface area contributed by atoms with Crippen LogP contribution in [0.25, 0.3) is 0 Å². The fraction of sp³-hybridized carbons (Fsp3) is 0.550. The maximum Gasteiger partial charge on any atom is 0.325 e. The van der Waals surface area contributed by atoms with E-state index in [1.54, 1.807) is 25.1 Å². The highest BCUT2D eigenvalue weighted by atomic mass is 16.5. The molecule has 0 spiro atoms. The summed E-state index contributed by atoms with van der Waals surface area (Å²) in [5.74, 6) is -0.653. The molecule has 154 valence electrons. The lowest BCUT2D eigenvalue weighted by atomic mass is 9.95. The van der Waals surface area contributed by atoms with Gasteiger partial charge >= 0.3 is 12.0 Å². The summed E-state index contributed by atoms with van der Waals surface area (Å²) in [4.78, 5) is 38.0. The number of nitrogens with one attached hydrogen (secondary N) is 3. The molecular weight excluding hydrogens is 360 g/mol. The van der Waals surface area contributed by atoms with Crippen LogP contribution in [-0.2, 0) is 9.53 Å². The van der Waals surface area contributed by atoms with E-state index >= 15 is 0 Å². The van der Waals surface area contributed by atoms with Gasteiger partial charge in [0.1, 0.15) is 6.54 Å². The minimum absolute atomic E-state index is 0.147. The average Bonchev–Trinajstić information content (AvgIpc) is 2.67. The number of carbonyl (C=O) groups is 3. The van der Waals surface area contributed by atoms with Crippen molar-refractivity contribution < 1.29 is 19.1 Å². The first-order valence-electron chi connectivity index (χ1n) is 9.73. The molecular formula is C20H30N4O4. The molecule has 3 amide bonds. The first-order valence-corrected chi connectivity index (χ1v) is 9.73. The van der Waals surface area contributed by atoms with Gasteiger partial charge in [-0.1, -0.05) is 19.3 Å². The van der Waals surface area contributed by atoms with E-state index in [4.69, 9.17) is 4.74 Å². The molecule has 1 aromatic carbocycles. The largest absolute Gasteiger partial charge is 0.465 e. The number of hydrogen-bond acceptors (Lipinski definition) is 5. The average molecular weight is 390 g/mol. The second-order valence-corrected chi connectivity index (χ2v) is 7.05. The number of carbonyl (C=O) groups excluding carboxylic acids is 3. The number of esters is 1. The van der Waals surface area contributed by atoms with Gasteiger partial charge in [0.25, 0.3) is 5.91 Å². The van der Waals surface area contributed by atoms with Crippen molar-refractivity contribution in [3.63, 3.8) is 0 Å². The molecule has 1 aliphatic carbocycles. The summed E-state index contributed by atoms with van der Waals surface area (Å²) in [5.41, 5.74) is 1.74. The molecule has 0 bridgehead atoms. The van der Waals surface area contributed by atoms with Crippen LogP contribution in [0.15, 0.2) is 18.2 Å². The Kier molecular flexibility index (Phi) is 8.10. The molecule has 1 fully saturated rings. The number of benzene rings is 1. The van der Waals surface area contributed by atoms with Gasteiger partial charge < -0.3 is 25.6 Å². The van der Waals surface area contributed by atoms with Crippen LogP contribution in [-0.4, -0.2) is 51.2 Å². The first-order chi connectivity index (χ1) is 13.4. The molecule has 0 atom stereocenters. The SMILES string of the molecule is CCOC(=O)CNC(=O)Nc1ccc(N(C)C)c(C(=O)NC2CCCCC2)c1. The van der Waals surface area contributed by atoms with Crippen LogP contribution in [0, 0.1) is 0 Å². The molecule has 0 aromatic heterocycles. The van der Waals surface area contributed by atoms with Gasteiger partial charge in [0, 0.05) is 31.5 Å². The van der Waals surface area contributed by atoms with E-state index in [-0.39, 0.29) is 25.1 Å². The minimum atomic E-state index is -0.538. The summed E-state index contributed by atoms with van der Waals surface area (Å²) >= 11 is 0. The number of urea groups is 1. The number of nitrogens with zero attached hydrogens (tertiary/aromatic N) is 1. The first kappa shape index (κ1) is 21.5. The summed E-state index contributed by atoms with van der Waals surface area (Å²) in [7, 11) is 3.73. The van der Waals surface area contributed by atoms with Gasteiger partial charge in [0.05, 0.1) is 12.2 Å². The molecule has 28 heavy (non-hydrogen) atoms. The second-order valence-electron chi connectivity index (χ2n) is 7.05. The van der Waals surface area contributed by atoms with Crippen LogP contribution >= 0.6 is 0 Å². The highest BCUT2D eigenvalue weighted by Gasteiger charge is 2.20. The number of hydrogen-bond donors (Lipinski definition) is 3. The molecule has 0 heterocycles. The van der Waals surface area contributed by atoms with E-state index in [0.29, 0.717) is 11.3 Å². The monoisotopic (exact) mass is 390 g/mol. The fourth-order valence-electron chi connectivity index (χ4n) is 3.24. The van der Waals surface area contributed by atoms with Crippen LogP contribution in [0.2, 0.25) is 0 Å². The Balaban J connectivity index is 2.05. The number of rotatable bonds is 7. The Bertz CT molecular complexity index is 699. The van der Waals surface area contributed by atoms with Crippen LogP contribution in [0.1, 0.15) is 49.4 Å². The molecule has 8 heteroatoms. The highest BCUT2D eigenvalue weighted by molar-refractivity contribution is 6.02. The zero-order valence-corrected chi connectivity index (χ0v) is 16.8. The van der Waals surface area contributed by atoms with E-state index in [2.05, 4.69) is 16.0 Å². The minimum Gasteiger partial charge on any atom is -0.465 e. The number of anilines is 2. The van der Waals surface area contributed by atoms with Crippen molar-refractivity contribution in [1.82, 2.24) is 10.6 Å². The Morgan fingerprint density at radius 3 is 2.50 bits per heavy atom. The zero-order chi connectivity index (χ0) is 20.5. The summed E-state index contributed by atoms with van der Waals surface area (Å²) < 4.78 is 4.77. The molecule has 0 saturated heterocycles. The topological polar surface area (TPSA) is 99.8 Å². The predicted molar refractivity (Wildman–Crippen MR) is 109 cm³/mol. The number of amides is 3. The third-order valence-corrected chi connectivity index (χ3v) is 4.62. The van der Waals surface area contributed by atoms with Crippen LogP contribution in [0.3, 0.4) is 0 Å². The van der Waals surface area contributed by atoms with Crippen molar-refractivity contribution in [3.05, 3.63) is 23.8 Å². The lowest BCUT2D eigenvalue weighted by Gasteiger charge is -2.24. The molecule has 0 unspecified atom stereocenters. The van der Waals surface area contributed by atoms with Gasteiger partial charge in [-0.2, -0.15) is 0 Å². The Hall–Kier alpha value is -2.77. The van der Waals surface area contributed by atoms with E-state index in [0.717, 1.165) is 31.4 Å². The van der Waals surface area contributed by atoms with Gasteiger partial charge in [-0.05, 0) is 38.0 Å². The summed E-state index contributed by atoms with van der Waals surface area (Å²) in [5, 5.41) is 8.19. The normalized spacial score (nSPS) is 14.1. The third kappa shape index (κ3) is 6.44. The summed E-state index contributed by atoms with van der Waals surface area (Å²) in [6, 6.07) is 4.82. The maximum absolute atomic E-state index is 12.8. The van der Waals surface area contributed by atoms with Gasteiger partial charge in [0.2, 0.25) is 0 Å². The quantitative estimate of drug-likeness (QED) is 0.621. The predicted octanol–water partition coefficient (Wildman–Crippen LogP) is 2.50. The molecule has 0 aliphatic heterocycles. The molecule has 1 aliphatic rings. The van der Waals surface area contributed by atoms with Gasteiger partial charge in [-0.15, -0.1) is 0 Å². The van der Waals surface area contributed by atoms with Gasteiger partial charge in [-0.3, -0.25) is 9.59 Å². The molecule has 0 radical (unpaired) electrons. The van der Waals surface area contributed by atoms with E-state index in [1.807, 2.05) is 19.0 Å². The lowest BCUT2D eigenvalue weighted by molar-refractivity contribution is -0.141. The molecule has 3 N–H and O–H groups in total. The van der Waals surface area contributed by atoms with Crippen molar-refractivity contribution in [2.75, 3.05) is 37.5 Å². The number of ether oxygens (including phenoxy) is 1. The molecule has 1 saturated carbocycles. The van der Waals surface area contributed by atoms with Crippen molar-refractivity contribution in [1.29, 1.82) is 0 Å². The fourth-order valence-corrected chi connectivity index (χ4v) is 3.24. The van der Waals surface area contributed by atoms with Gasteiger partial charge in [-0.25, -0.2) is 4.79 Å². The second kappa shape index (κ2) is 10.5. The molecule has 2 rings (SSSR count). The smallest absolute Gasteiger partial charge is 0.325 e. The zero-order valence-electron chi connectivity index (χ0n) is 16.8. The van der Waals surface area contributed by atoms with Crippen LogP contribution in [0.5, 0.6) is 0 Å². The Labute approximate surface area is 166 Å². The van der Waals surface area contributed by atoms with Crippen molar-refractivity contribution in [2.45, 2.75) is 45.1 Å². The Morgan fingerprint density at radius 2 is 1.86 bits per heavy atom. The lowest BCUT2D eigenvalue weighted by Crippen LogP contribution is -2.37.